The van der Waals surface area contributed by atoms with E-state index in [9.17, 15) is 14.7 Å². The molecule has 2 saturated carbocycles. The van der Waals surface area contributed by atoms with Crippen LogP contribution in [0.1, 0.15) is 58.3 Å². The van der Waals surface area contributed by atoms with Crippen LogP contribution in [0.3, 0.4) is 0 Å². The van der Waals surface area contributed by atoms with E-state index < -0.39 is 11.9 Å². The zero-order chi connectivity index (χ0) is 14.7. The van der Waals surface area contributed by atoms with Gasteiger partial charge < -0.3 is 10.0 Å². The lowest BCUT2D eigenvalue weighted by molar-refractivity contribution is -0.153. The molecule has 0 aromatic heterocycles. The Morgan fingerprint density at radius 2 is 1.65 bits per heavy atom. The zero-order valence-corrected chi connectivity index (χ0v) is 12.7. The molecular formula is C16H27NO3. The monoisotopic (exact) mass is 281 g/mol. The third kappa shape index (κ3) is 3.33. The van der Waals surface area contributed by atoms with E-state index in [0.717, 1.165) is 32.1 Å². The van der Waals surface area contributed by atoms with Gasteiger partial charge in [-0.2, -0.15) is 0 Å². The Bertz CT molecular complexity index is 369. The molecule has 0 bridgehead atoms. The molecule has 20 heavy (non-hydrogen) atoms. The van der Waals surface area contributed by atoms with E-state index in [2.05, 4.69) is 6.92 Å². The molecule has 1 amide bonds. The Kier molecular flexibility index (Phi) is 5.06. The molecule has 0 heterocycles. The van der Waals surface area contributed by atoms with E-state index in [1.54, 1.807) is 0 Å². The molecule has 0 radical (unpaired) electrons. The van der Waals surface area contributed by atoms with Crippen LogP contribution in [0.4, 0.5) is 0 Å². The third-order valence-corrected chi connectivity index (χ3v) is 5.20. The molecule has 4 heteroatoms. The second-order valence-electron chi connectivity index (χ2n) is 6.71. The summed E-state index contributed by atoms with van der Waals surface area (Å²) in [6.45, 7) is 2.24. The van der Waals surface area contributed by atoms with Crippen LogP contribution in [0, 0.1) is 17.8 Å². The first-order chi connectivity index (χ1) is 9.50. The third-order valence-electron chi connectivity index (χ3n) is 5.20. The van der Waals surface area contributed by atoms with Crippen LogP contribution in [0.15, 0.2) is 0 Å². The summed E-state index contributed by atoms with van der Waals surface area (Å²) in [5, 5.41) is 9.32. The molecule has 2 rings (SSSR count). The summed E-state index contributed by atoms with van der Waals surface area (Å²) in [6.07, 6.45) is 7.86. The molecule has 2 fully saturated rings. The van der Waals surface area contributed by atoms with E-state index in [0.29, 0.717) is 18.4 Å². The fraction of sp³-hybridized carbons (Fsp3) is 0.875. The van der Waals surface area contributed by atoms with E-state index in [4.69, 9.17) is 0 Å². The van der Waals surface area contributed by atoms with Gasteiger partial charge in [-0.1, -0.05) is 32.6 Å². The number of rotatable bonds is 3. The highest BCUT2D eigenvalue weighted by Gasteiger charge is 2.38. The molecule has 0 aromatic rings. The summed E-state index contributed by atoms with van der Waals surface area (Å²) >= 11 is 0. The fourth-order valence-electron chi connectivity index (χ4n) is 3.92. The van der Waals surface area contributed by atoms with E-state index in [1.165, 1.54) is 12.8 Å². The molecule has 2 aliphatic carbocycles. The van der Waals surface area contributed by atoms with Crippen molar-refractivity contribution in [2.45, 2.75) is 64.3 Å². The van der Waals surface area contributed by atoms with Gasteiger partial charge in [-0.05, 0) is 31.6 Å². The molecule has 1 N–H and O–H groups in total. The summed E-state index contributed by atoms with van der Waals surface area (Å²) in [4.78, 5) is 25.9. The number of carbonyl (C=O) groups is 2. The summed E-state index contributed by atoms with van der Waals surface area (Å²) in [7, 11) is 1.87. The molecule has 0 aromatic carbocycles. The Morgan fingerprint density at radius 1 is 1.00 bits per heavy atom. The average Bonchev–Trinajstić information content (AvgIpc) is 2.45. The van der Waals surface area contributed by atoms with Gasteiger partial charge in [0.1, 0.15) is 0 Å². The lowest BCUT2D eigenvalue weighted by Crippen LogP contribution is -2.46. The molecule has 2 aliphatic rings. The fourth-order valence-corrected chi connectivity index (χ4v) is 3.92. The van der Waals surface area contributed by atoms with Gasteiger partial charge in [-0.25, -0.2) is 0 Å². The topological polar surface area (TPSA) is 57.6 Å². The molecule has 114 valence electrons. The minimum Gasteiger partial charge on any atom is -0.481 e. The number of amides is 1. The molecule has 4 atom stereocenters. The summed E-state index contributed by atoms with van der Waals surface area (Å²) in [6, 6.07) is 0.308. The molecular weight excluding hydrogens is 254 g/mol. The number of hydrogen-bond donors (Lipinski definition) is 1. The van der Waals surface area contributed by atoms with Gasteiger partial charge in [0.25, 0.3) is 0 Å². The SMILES string of the molecule is CC1CCCC(N(C)C(=O)C2CCCCC2C(=O)O)C1. The number of hydrogen-bond acceptors (Lipinski definition) is 2. The van der Waals surface area contributed by atoms with Gasteiger partial charge in [0.15, 0.2) is 0 Å². The van der Waals surface area contributed by atoms with Crippen molar-refractivity contribution in [1.29, 1.82) is 0 Å². The van der Waals surface area contributed by atoms with Crippen molar-refractivity contribution < 1.29 is 14.7 Å². The van der Waals surface area contributed by atoms with E-state index in [-0.39, 0.29) is 11.8 Å². The van der Waals surface area contributed by atoms with Crippen LogP contribution >= 0.6 is 0 Å². The van der Waals surface area contributed by atoms with Crippen molar-refractivity contribution in [1.82, 2.24) is 4.90 Å². The maximum Gasteiger partial charge on any atom is 0.307 e. The van der Waals surface area contributed by atoms with E-state index >= 15 is 0 Å². The van der Waals surface area contributed by atoms with Gasteiger partial charge in [0, 0.05) is 13.1 Å². The number of carbonyl (C=O) groups excluding carboxylic acids is 1. The van der Waals surface area contributed by atoms with Crippen molar-refractivity contribution in [2.75, 3.05) is 7.05 Å². The highest BCUT2D eigenvalue weighted by atomic mass is 16.4. The standard InChI is InChI=1S/C16H27NO3/c1-11-6-5-7-12(10-11)17(2)15(18)13-8-3-4-9-14(13)16(19)20/h11-14H,3-10H2,1-2H3,(H,19,20). The molecule has 0 aliphatic heterocycles. The van der Waals surface area contributed by atoms with Gasteiger partial charge in [0.05, 0.1) is 11.8 Å². The average molecular weight is 281 g/mol. The van der Waals surface area contributed by atoms with Crippen molar-refractivity contribution in [3.8, 4) is 0 Å². The first-order valence-corrected chi connectivity index (χ1v) is 8.00. The van der Waals surface area contributed by atoms with Gasteiger partial charge >= 0.3 is 5.97 Å². The van der Waals surface area contributed by atoms with Crippen LogP contribution < -0.4 is 0 Å². The zero-order valence-electron chi connectivity index (χ0n) is 12.7. The van der Waals surface area contributed by atoms with Crippen molar-refractivity contribution in [3.05, 3.63) is 0 Å². The molecule has 4 nitrogen and oxygen atoms in total. The van der Waals surface area contributed by atoms with Gasteiger partial charge in [-0.15, -0.1) is 0 Å². The van der Waals surface area contributed by atoms with Crippen LogP contribution in [0.5, 0.6) is 0 Å². The number of carboxylic acids is 1. The maximum atomic E-state index is 12.7. The molecule has 0 saturated heterocycles. The van der Waals surface area contributed by atoms with Crippen LogP contribution in [-0.4, -0.2) is 35.0 Å². The van der Waals surface area contributed by atoms with Crippen molar-refractivity contribution >= 4 is 11.9 Å². The highest BCUT2D eigenvalue weighted by Crippen LogP contribution is 2.34. The van der Waals surface area contributed by atoms with Crippen molar-refractivity contribution in [3.63, 3.8) is 0 Å². The lowest BCUT2D eigenvalue weighted by atomic mass is 9.77. The van der Waals surface area contributed by atoms with E-state index in [1.807, 2.05) is 11.9 Å². The smallest absolute Gasteiger partial charge is 0.307 e. The minimum atomic E-state index is -0.798. The Morgan fingerprint density at radius 3 is 2.25 bits per heavy atom. The normalized spacial score (nSPS) is 34.5. The first kappa shape index (κ1) is 15.3. The van der Waals surface area contributed by atoms with Crippen LogP contribution in [-0.2, 0) is 9.59 Å². The summed E-state index contributed by atoms with van der Waals surface area (Å²) in [5.74, 6) is -0.835. The predicted octanol–water partition coefficient (Wildman–Crippen LogP) is 2.91. The molecule has 0 spiro atoms. The number of nitrogens with zero attached hydrogens (tertiary/aromatic N) is 1. The van der Waals surface area contributed by atoms with Crippen LogP contribution in [0.25, 0.3) is 0 Å². The number of carboxylic acid groups (broad SMARTS) is 1. The van der Waals surface area contributed by atoms with Gasteiger partial charge in [0.2, 0.25) is 5.91 Å². The lowest BCUT2D eigenvalue weighted by Gasteiger charge is -2.38. The van der Waals surface area contributed by atoms with Crippen molar-refractivity contribution in [2.24, 2.45) is 17.8 Å². The Hall–Kier alpha value is -1.06. The minimum absolute atomic E-state index is 0.0659. The Labute approximate surface area is 121 Å². The van der Waals surface area contributed by atoms with Crippen LogP contribution in [0.2, 0.25) is 0 Å². The second-order valence-corrected chi connectivity index (χ2v) is 6.71. The van der Waals surface area contributed by atoms with Gasteiger partial charge in [-0.3, -0.25) is 9.59 Å². The summed E-state index contributed by atoms with van der Waals surface area (Å²) in [5.41, 5.74) is 0. The largest absolute Gasteiger partial charge is 0.481 e. The molecule has 4 unspecified atom stereocenters. The predicted molar refractivity (Wildman–Crippen MR) is 77.3 cm³/mol. The quantitative estimate of drug-likeness (QED) is 0.865. The number of aliphatic carboxylic acids is 1. The first-order valence-electron chi connectivity index (χ1n) is 8.00. The second kappa shape index (κ2) is 6.59. The highest BCUT2D eigenvalue weighted by molar-refractivity contribution is 5.85. The summed E-state index contributed by atoms with van der Waals surface area (Å²) < 4.78 is 0. The Balaban J connectivity index is 2.02. The maximum absolute atomic E-state index is 12.7.